The predicted octanol–water partition coefficient (Wildman–Crippen LogP) is -1.69. The number of rotatable bonds is 3. The maximum atomic E-state index is 10.3. The van der Waals surface area contributed by atoms with E-state index in [-0.39, 0.29) is 0 Å². The molecule has 0 fully saturated rings. The van der Waals surface area contributed by atoms with Crippen molar-refractivity contribution in [2.75, 3.05) is 0 Å². The molecule has 0 aromatic carbocycles. The van der Waals surface area contributed by atoms with Crippen molar-refractivity contribution in [2.45, 2.75) is 12.2 Å². The summed E-state index contributed by atoms with van der Waals surface area (Å²) < 4.78 is 20.1. The fourth-order valence-corrected chi connectivity index (χ4v) is 0.891. The summed E-state index contributed by atoms with van der Waals surface area (Å²) in [7, 11) is 0. The normalized spacial score (nSPS) is 15.8. The van der Waals surface area contributed by atoms with Crippen molar-refractivity contribution >= 4 is 22.8 Å². The van der Waals surface area contributed by atoms with Gasteiger partial charge in [-0.3, -0.25) is 13.8 Å². The van der Waals surface area contributed by atoms with Crippen LogP contribution in [0.2, 0.25) is 0 Å². The second-order valence-corrected chi connectivity index (χ2v) is 2.65. The minimum absolute atomic E-state index is 0.763. The van der Waals surface area contributed by atoms with Crippen LogP contribution in [0, 0.1) is 0 Å². The fourth-order valence-electron chi connectivity index (χ4n) is 0.431. The van der Waals surface area contributed by atoms with Crippen molar-refractivity contribution in [2.24, 2.45) is 5.73 Å². The van der Waals surface area contributed by atoms with Crippen molar-refractivity contribution in [3.8, 4) is 0 Å². The molecule has 0 saturated heterocycles. The lowest BCUT2D eigenvalue weighted by molar-refractivity contribution is -0.124. The third-order valence-corrected chi connectivity index (χ3v) is 1.77. The summed E-state index contributed by atoms with van der Waals surface area (Å²) in [5.41, 5.74) is 4.59. The lowest BCUT2D eigenvalue weighted by Crippen LogP contribution is -2.37. The van der Waals surface area contributed by atoms with Gasteiger partial charge in [-0.05, 0) is 18.0 Å². The third kappa shape index (κ3) is 2.24. The Labute approximate surface area is 59.9 Å². The lowest BCUT2D eigenvalue weighted by atomic mass is 10.3. The van der Waals surface area contributed by atoms with Gasteiger partial charge in [0.25, 0.3) is 0 Å². The zero-order chi connectivity index (χ0) is 8.31. The predicted molar refractivity (Wildman–Crippen MR) is 32.6 cm³/mol. The number of carbonyl (C=O) groups is 2. The summed E-state index contributed by atoms with van der Waals surface area (Å²) in [5, 5.41) is -1.69. The zero-order valence-corrected chi connectivity index (χ0v) is 6.01. The molecule has 0 radical (unpaired) electrons. The molecule has 0 bridgehead atoms. The van der Waals surface area contributed by atoms with E-state index < -0.39 is 28.0 Å². The molecular weight excluding hydrogens is 158 g/mol. The van der Waals surface area contributed by atoms with E-state index in [1.54, 1.807) is 0 Å². The minimum Gasteiger partial charge on any atom is -0.771 e. The van der Waals surface area contributed by atoms with Crippen LogP contribution in [0.25, 0.3) is 0 Å². The maximum Gasteiger partial charge on any atom is 0.239 e. The maximum absolute atomic E-state index is 10.3. The first-order valence-electron chi connectivity index (χ1n) is 2.34. The van der Waals surface area contributed by atoms with E-state index in [4.69, 9.17) is 0 Å². The smallest absolute Gasteiger partial charge is 0.239 e. The zero-order valence-electron chi connectivity index (χ0n) is 5.20. The standard InChI is InChI=1S/C4H7NO4S/c1-2(6)3(4(5)7)10(8)9/h3H,1H3,(H2,5,7)(H,8,9)/p-1. The van der Waals surface area contributed by atoms with Gasteiger partial charge in [0, 0.05) is 0 Å². The van der Waals surface area contributed by atoms with Gasteiger partial charge in [-0.15, -0.1) is 0 Å². The molecule has 2 atom stereocenters. The van der Waals surface area contributed by atoms with E-state index in [2.05, 4.69) is 5.73 Å². The highest BCUT2D eigenvalue weighted by Gasteiger charge is 2.20. The van der Waals surface area contributed by atoms with Crippen LogP contribution < -0.4 is 5.73 Å². The largest absolute Gasteiger partial charge is 0.771 e. The molecule has 0 aliphatic rings. The molecule has 0 aliphatic carbocycles. The Balaban J connectivity index is 4.43. The topological polar surface area (TPSA) is 100 Å². The first kappa shape index (κ1) is 9.25. The minimum atomic E-state index is -2.74. The molecule has 0 rings (SSSR count). The van der Waals surface area contributed by atoms with E-state index in [0.717, 1.165) is 6.92 Å². The first-order valence-corrected chi connectivity index (χ1v) is 3.48. The van der Waals surface area contributed by atoms with Crippen LogP contribution in [0.3, 0.4) is 0 Å². The van der Waals surface area contributed by atoms with Crippen LogP contribution >= 0.6 is 0 Å². The molecule has 58 valence electrons. The third-order valence-electron chi connectivity index (χ3n) is 0.820. The highest BCUT2D eigenvalue weighted by atomic mass is 32.2. The van der Waals surface area contributed by atoms with Crippen molar-refractivity contribution in [3.05, 3.63) is 0 Å². The number of carbonyl (C=O) groups excluding carboxylic acids is 2. The van der Waals surface area contributed by atoms with Crippen molar-refractivity contribution < 1.29 is 18.4 Å². The Morgan fingerprint density at radius 3 is 2.00 bits per heavy atom. The molecular formula is C4H6NO4S-. The van der Waals surface area contributed by atoms with Crippen LogP contribution in [0.5, 0.6) is 0 Å². The Morgan fingerprint density at radius 1 is 1.60 bits per heavy atom. The summed E-state index contributed by atoms with van der Waals surface area (Å²) in [6.07, 6.45) is 0. The van der Waals surface area contributed by atoms with Crippen LogP contribution in [0.4, 0.5) is 0 Å². The Kier molecular flexibility index (Phi) is 3.17. The van der Waals surface area contributed by atoms with E-state index in [9.17, 15) is 18.4 Å². The van der Waals surface area contributed by atoms with Crippen LogP contribution in [-0.4, -0.2) is 25.7 Å². The molecule has 2 N–H and O–H groups in total. The van der Waals surface area contributed by atoms with Gasteiger partial charge in [0.05, 0.1) is 0 Å². The molecule has 0 saturated carbocycles. The summed E-state index contributed by atoms with van der Waals surface area (Å²) in [6, 6.07) is 0. The second kappa shape index (κ2) is 3.43. The molecule has 6 heteroatoms. The summed E-state index contributed by atoms with van der Waals surface area (Å²) in [5.74, 6) is -1.90. The van der Waals surface area contributed by atoms with E-state index in [0.29, 0.717) is 0 Å². The number of primary amides is 1. The van der Waals surface area contributed by atoms with Gasteiger partial charge in [0.2, 0.25) is 5.91 Å². The van der Waals surface area contributed by atoms with E-state index >= 15 is 0 Å². The monoisotopic (exact) mass is 164 g/mol. The quantitative estimate of drug-likeness (QED) is 0.397. The highest BCUT2D eigenvalue weighted by Crippen LogP contribution is 1.93. The second-order valence-electron chi connectivity index (χ2n) is 1.65. The lowest BCUT2D eigenvalue weighted by Gasteiger charge is -2.11. The Morgan fingerprint density at radius 2 is 2.00 bits per heavy atom. The van der Waals surface area contributed by atoms with Crippen LogP contribution in [-0.2, 0) is 20.7 Å². The summed E-state index contributed by atoms with van der Waals surface area (Å²) in [4.78, 5) is 20.5. The number of ketones is 1. The molecule has 0 aromatic heterocycles. The first-order chi connectivity index (χ1) is 4.46. The van der Waals surface area contributed by atoms with Gasteiger partial charge in [-0.2, -0.15) is 0 Å². The molecule has 0 aliphatic heterocycles. The molecule has 2 unspecified atom stereocenters. The van der Waals surface area contributed by atoms with Gasteiger partial charge >= 0.3 is 0 Å². The van der Waals surface area contributed by atoms with Crippen molar-refractivity contribution in [1.82, 2.24) is 0 Å². The SMILES string of the molecule is CC(=O)C(C(N)=O)S(=O)[O-]. The average Bonchev–Trinajstić information content (AvgIpc) is 1.59. The molecule has 0 spiro atoms. The van der Waals surface area contributed by atoms with Crippen LogP contribution in [0.1, 0.15) is 6.92 Å². The van der Waals surface area contributed by atoms with Gasteiger partial charge in [0.15, 0.2) is 11.0 Å². The molecule has 5 nitrogen and oxygen atoms in total. The molecule has 1 amide bonds. The molecule has 0 heterocycles. The van der Waals surface area contributed by atoms with E-state index in [1.165, 1.54) is 0 Å². The van der Waals surface area contributed by atoms with Gasteiger partial charge in [-0.25, -0.2) is 0 Å². The summed E-state index contributed by atoms with van der Waals surface area (Å²) in [6.45, 7) is 0.991. The van der Waals surface area contributed by atoms with Crippen LogP contribution in [0.15, 0.2) is 0 Å². The average molecular weight is 164 g/mol. The number of Topliss-reactive ketones (excluding diaryl/α,β-unsaturated/α-hetero) is 1. The van der Waals surface area contributed by atoms with Crippen molar-refractivity contribution in [3.63, 3.8) is 0 Å². The number of hydrogen-bond acceptors (Lipinski definition) is 4. The summed E-state index contributed by atoms with van der Waals surface area (Å²) >= 11 is -2.74. The Bertz CT molecular complexity index is 156. The number of amides is 1. The molecule has 10 heavy (non-hydrogen) atoms. The highest BCUT2D eigenvalue weighted by molar-refractivity contribution is 7.81. The van der Waals surface area contributed by atoms with Gasteiger partial charge < -0.3 is 10.3 Å². The Hall–Kier alpha value is -0.750. The van der Waals surface area contributed by atoms with Gasteiger partial charge in [-0.1, -0.05) is 0 Å². The fraction of sp³-hybridized carbons (Fsp3) is 0.500. The molecule has 0 aromatic rings. The number of nitrogens with two attached hydrogens (primary N) is 1. The van der Waals surface area contributed by atoms with Crippen molar-refractivity contribution in [1.29, 1.82) is 0 Å². The van der Waals surface area contributed by atoms with Gasteiger partial charge in [0.1, 0.15) is 0 Å². The van der Waals surface area contributed by atoms with E-state index in [1.807, 2.05) is 0 Å². The number of hydrogen-bond donors (Lipinski definition) is 1.